The Morgan fingerprint density at radius 2 is 2.10 bits per heavy atom. The van der Waals surface area contributed by atoms with E-state index in [-0.39, 0.29) is 6.10 Å². The van der Waals surface area contributed by atoms with Crippen molar-refractivity contribution >= 4 is 0 Å². The highest BCUT2D eigenvalue weighted by molar-refractivity contribution is 4.79. The van der Waals surface area contributed by atoms with E-state index < -0.39 is 0 Å². The van der Waals surface area contributed by atoms with Gasteiger partial charge in [0.05, 0.1) is 6.10 Å². The standard InChI is InChI=1S/C9H18O/c1-3-4-8-6-9(10)5-7(8)2/h7-10H,3-6H2,1-2H3/t7-,8+,9+/m0/s1. The van der Waals surface area contributed by atoms with Crippen LogP contribution in [0.2, 0.25) is 0 Å². The largest absolute Gasteiger partial charge is 0.393 e. The Morgan fingerprint density at radius 1 is 1.40 bits per heavy atom. The molecule has 0 aromatic rings. The molecule has 3 atom stereocenters. The van der Waals surface area contributed by atoms with Crippen molar-refractivity contribution in [3.8, 4) is 0 Å². The molecule has 0 radical (unpaired) electrons. The Hall–Kier alpha value is -0.0400. The lowest BCUT2D eigenvalue weighted by molar-refractivity contribution is 0.175. The van der Waals surface area contributed by atoms with E-state index in [9.17, 15) is 5.11 Å². The van der Waals surface area contributed by atoms with Crippen LogP contribution in [0.1, 0.15) is 39.5 Å². The average molecular weight is 142 g/mol. The molecule has 1 aliphatic rings. The van der Waals surface area contributed by atoms with Crippen LogP contribution in [-0.2, 0) is 0 Å². The van der Waals surface area contributed by atoms with Crippen LogP contribution in [0, 0.1) is 11.8 Å². The van der Waals surface area contributed by atoms with Gasteiger partial charge in [0.15, 0.2) is 0 Å². The maximum Gasteiger partial charge on any atom is 0.0545 e. The summed E-state index contributed by atoms with van der Waals surface area (Å²) in [6.07, 6.45) is 4.66. The first kappa shape index (κ1) is 8.06. The molecule has 0 spiro atoms. The predicted molar refractivity (Wildman–Crippen MR) is 42.8 cm³/mol. The molecule has 1 saturated carbocycles. The minimum absolute atomic E-state index is 0.00606. The van der Waals surface area contributed by atoms with Crippen LogP contribution in [-0.4, -0.2) is 11.2 Å². The molecule has 1 aliphatic carbocycles. The summed E-state index contributed by atoms with van der Waals surface area (Å²) in [5.41, 5.74) is 0. The van der Waals surface area contributed by atoms with Gasteiger partial charge in [-0.05, 0) is 24.7 Å². The molecule has 1 nitrogen and oxygen atoms in total. The van der Waals surface area contributed by atoms with E-state index in [1.54, 1.807) is 0 Å². The third-order valence-electron chi connectivity index (χ3n) is 2.68. The summed E-state index contributed by atoms with van der Waals surface area (Å²) in [5.74, 6) is 1.56. The first-order chi connectivity index (χ1) is 4.74. The molecule has 60 valence electrons. The summed E-state index contributed by atoms with van der Waals surface area (Å²) in [5, 5.41) is 9.30. The zero-order valence-electron chi connectivity index (χ0n) is 7.01. The Kier molecular flexibility index (Phi) is 2.72. The molecule has 0 saturated heterocycles. The van der Waals surface area contributed by atoms with Crippen molar-refractivity contribution in [1.29, 1.82) is 0 Å². The summed E-state index contributed by atoms with van der Waals surface area (Å²) in [7, 11) is 0. The van der Waals surface area contributed by atoms with Gasteiger partial charge in [0, 0.05) is 0 Å². The van der Waals surface area contributed by atoms with E-state index in [4.69, 9.17) is 0 Å². The van der Waals surface area contributed by atoms with Crippen molar-refractivity contribution in [2.75, 3.05) is 0 Å². The molecule has 1 N–H and O–H groups in total. The number of aliphatic hydroxyl groups excluding tert-OH is 1. The molecule has 0 amide bonds. The molecular weight excluding hydrogens is 124 g/mol. The Balaban J connectivity index is 2.31. The summed E-state index contributed by atoms with van der Waals surface area (Å²) in [6.45, 7) is 4.48. The van der Waals surface area contributed by atoms with Gasteiger partial charge < -0.3 is 5.11 Å². The smallest absolute Gasteiger partial charge is 0.0545 e. The van der Waals surface area contributed by atoms with Crippen molar-refractivity contribution in [1.82, 2.24) is 0 Å². The third kappa shape index (κ3) is 1.72. The van der Waals surface area contributed by atoms with Crippen LogP contribution in [0.3, 0.4) is 0 Å². The first-order valence-electron chi connectivity index (χ1n) is 4.42. The number of hydrogen-bond donors (Lipinski definition) is 1. The van der Waals surface area contributed by atoms with E-state index in [0.717, 1.165) is 24.7 Å². The quantitative estimate of drug-likeness (QED) is 0.626. The molecule has 1 fully saturated rings. The van der Waals surface area contributed by atoms with Crippen LogP contribution < -0.4 is 0 Å². The highest BCUT2D eigenvalue weighted by atomic mass is 16.3. The molecule has 0 aromatic carbocycles. The number of aliphatic hydroxyl groups is 1. The van der Waals surface area contributed by atoms with Gasteiger partial charge in [-0.1, -0.05) is 26.7 Å². The van der Waals surface area contributed by atoms with E-state index in [2.05, 4.69) is 13.8 Å². The summed E-state index contributed by atoms with van der Waals surface area (Å²) in [6, 6.07) is 0. The molecule has 10 heavy (non-hydrogen) atoms. The monoisotopic (exact) mass is 142 g/mol. The van der Waals surface area contributed by atoms with Crippen molar-refractivity contribution < 1.29 is 5.11 Å². The second kappa shape index (κ2) is 3.38. The van der Waals surface area contributed by atoms with Crippen LogP contribution in [0.5, 0.6) is 0 Å². The average Bonchev–Trinajstić information content (AvgIpc) is 2.13. The van der Waals surface area contributed by atoms with Crippen LogP contribution >= 0.6 is 0 Å². The van der Waals surface area contributed by atoms with Gasteiger partial charge in [-0.2, -0.15) is 0 Å². The molecule has 0 aromatic heterocycles. The maximum atomic E-state index is 9.30. The second-order valence-electron chi connectivity index (χ2n) is 3.65. The topological polar surface area (TPSA) is 20.2 Å². The van der Waals surface area contributed by atoms with Crippen LogP contribution in [0.15, 0.2) is 0 Å². The lowest BCUT2D eigenvalue weighted by Crippen LogP contribution is -2.02. The molecule has 0 aliphatic heterocycles. The van der Waals surface area contributed by atoms with Gasteiger partial charge in [0.2, 0.25) is 0 Å². The molecule has 0 unspecified atom stereocenters. The molecule has 1 heteroatoms. The van der Waals surface area contributed by atoms with E-state index in [0.29, 0.717) is 0 Å². The molecule has 1 rings (SSSR count). The lowest BCUT2D eigenvalue weighted by atomic mass is 9.94. The highest BCUT2D eigenvalue weighted by Crippen LogP contribution is 2.34. The number of rotatable bonds is 2. The molecule has 0 bridgehead atoms. The van der Waals surface area contributed by atoms with Gasteiger partial charge in [0.25, 0.3) is 0 Å². The summed E-state index contributed by atoms with van der Waals surface area (Å²) >= 11 is 0. The molecular formula is C9H18O. The Labute approximate surface area is 63.4 Å². The van der Waals surface area contributed by atoms with E-state index >= 15 is 0 Å². The minimum atomic E-state index is 0.00606. The van der Waals surface area contributed by atoms with Crippen molar-refractivity contribution in [3.63, 3.8) is 0 Å². The van der Waals surface area contributed by atoms with Crippen LogP contribution in [0.4, 0.5) is 0 Å². The van der Waals surface area contributed by atoms with Gasteiger partial charge in [0.1, 0.15) is 0 Å². The highest BCUT2D eigenvalue weighted by Gasteiger charge is 2.28. The maximum absolute atomic E-state index is 9.30. The normalized spacial score (nSPS) is 40.5. The first-order valence-corrected chi connectivity index (χ1v) is 4.42. The fourth-order valence-corrected chi connectivity index (χ4v) is 2.07. The lowest BCUT2D eigenvalue weighted by Gasteiger charge is -2.12. The summed E-state index contributed by atoms with van der Waals surface area (Å²) < 4.78 is 0. The third-order valence-corrected chi connectivity index (χ3v) is 2.68. The van der Waals surface area contributed by atoms with Gasteiger partial charge >= 0.3 is 0 Å². The minimum Gasteiger partial charge on any atom is -0.393 e. The fourth-order valence-electron chi connectivity index (χ4n) is 2.07. The van der Waals surface area contributed by atoms with Gasteiger partial charge in [-0.25, -0.2) is 0 Å². The zero-order chi connectivity index (χ0) is 7.56. The predicted octanol–water partition coefficient (Wildman–Crippen LogP) is 2.19. The van der Waals surface area contributed by atoms with Crippen molar-refractivity contribution in [2.45, 2.75) is 45.6 Å². The Morgan fingerprint density at radius 3 is 2.50 bits per heavy atom. The van der Waals surface area contributed by atoms with Gasteiger partial charge in [-0.3, -0.25) is 0 Å². The SMILES string of the molecule is CCC[C@@H]1C[C@H](O)C[C@@H]1C. The van der Waals surface area contributed by atoms with E-state index in [1.807, 2.05) is 0 Å². The van der Waals surface area contributed by atoms with E-state index in [1.165, 1.54) is 12.8 Å². The zero-order valence-corrected chi connectivity index (χ0v) is 7.01. The Bertz CT molecular complexity index is 101. The molecule has 0 heterocycles. The summed E-state index contributed by atoms with van der Waals surface area (Å²) in [4.78, 5) is 0. The van der Waals surface area contributed by atoms with Crippen molar-refractivity contribution in [3.05, 3.63) is 0 Å². The fraction of sp³-hybridized carbons (Fsp3) is 1.00. The van der Waals surface area contributed by atoms with Crippen molar-refractivity contribution in [2.24, 2.45) is 11.8 Å². The second-order valence-corrected chi connectivity index (χ2v) is 3.65. The van der Waals surface area contributed by atoms with Crippen LogP contribution in [0.25, 0.3) is 0 Å². The number of hydrogen-bond acceptors (Lipinski definition) is 1. The van der Waals surface area contributed by atoms with Gasteiger partial charge in [-0.15, -0.1) is 0 Å².